The maximum Gasteiger partial charge on any atom is 0.257 e. The molecular formula is C28H33FN6O2. The van der Waals surface area contributed by atoms with E-state index >= 15 is 0 Å². The average Bonchev–Trinajstić information content (AvgIpc) is 2.95. The summed E-state index contributed by atoms with van der Waals surface area (Å²) >= 11 is 0. The Morgan fingerprint density at radius 3 is 2.43 bits per heavy atom. The van der Waals surface area contributed by atoms with E-state index in [-0.39, 0.29) is 11.7 Å². The highest BCUT2D eigenvalue weighted by molar-refractivity contribution is 5.97. The molecule has 2 aliphatic heterocycles. The molecule has 0 saturated carbocycles. The first-order chi connectivity index (χ1) is 18.0. The number of piperazine rings is 1. The second-order valence-electron chi connectivity index (χ2n) is 9.39. The van der Waals surface area contributed by atoms with Gasteiger partial charge in [-0.05, 0) is 31.2 Å². The van der Waals surface area contributed by atoms with Crippen LogP contribution < -0.4 is 19.4 Å². The van der Waals surface area contributed by atoms with Crippen LogP contribution in [-0.4, -0.2) is 74.2 Å². The Hall–Kier alpha value is -3.88. The lowest BCUT2D eigenvalue weighted by Crippen LogP contribution is -2.47. The smallest absolute Gasteiger partial charge is 0.257 e. The van der Waals surface area contributed by atoms with Crippen molar-refractivity contribution in [2.24, 2.45) is 0 Å². The molecule has 1 amide bonds. The van der Waals surface area contributed by atoms with E-state index in [1.54, 1.807) is 19.2 Å². The molecule has 0 unspecified atom stereocenters. The van der Waals surface area contributed by atoms with E-state index in [2.05, 4.69) is 21.6 Å². The van der Waals surface area contributed by atoms with Crippen LogP contribution in [0.25, 0.3) is 0 Å². The Bertz CT molecular complexity index is 1280. The minimum absolute atomic E-state index is 0.0541. The number of aromatic nitrogens is 2. The number of carbonyl (C=O) groups excluding carboxylic acids is 1. The van der Waals surface area contributed by atoms with Crippen LogP contribution in [-0.2, 0) is 13.0 Å². The zero-order valence-electron chi connectivity index (χ0n) is 21.7. The monoisotopic (exact) mass is 504 g/mol. The molecule has 2 aliphatic rings. The van der Waals surface area contributed by atoms with Crippen molar-refractivity contribution in [1.82, 2.24) is 14.9 Å². The first-order valence-electron chi connectivity index (χ1n) is 12.8. The molecule has 0 bridgehead atoms. The molecule has 9 heteroatoms. The van der Waals surface area contributed by atoms with Crippen molar-refractivity contribution in [3.8, 4) is 5.75 Å². The summed E-state index contributed by atoms with van der Waals surface area (Å²) in [4.78, 5) is 31.5. The molecule has 3 aromatic rings. The standard InChI is InChI=1S/C28H33FN6O2/c1-4-32(2)26-21-19-35(27(36)20-9-5-8-12-25(20)37-3)14-13-23(21)30-28(31-26)34-17-15-33(16-18-34)24-11-7-6-10-22(24)29/h5-12H,4,13-19H2,1-3H3. The Morgan fingerprint density at radius 1 is 1.00 bits per heavy atom. The van der Waals surface area contributed by atoms with Gasteiger partial charge in [0.15, 0.2) is 0 Å². The second kappa shape index (κ2) is 10.6. The molecule has 5 rings (SSSR count). The SMILES string of the molecule is CCN(C)c1nc(N2CCN(c3ccccc3F)CC2)nc2c1CN(C(=O)c1ccccc1OC)CC2. The van der Waals surface area contributed by atoms with Crippen molar-refractivity contribution in [3.05, 3.63) is 71.2 Å². The third-order valence-corrected chi connectivity index (χ3v) is 7.24. The van der Waals surface area contributed by atoms with Gasteiger partial charge in [-0.1, -0.05) is 24.3 Å². The van der Waals surface area contributed by atoms with Gasteiger partial charge >= 0.3 is 0 Å². The van der Waals surface area contributed by atoms with Crippen molar-refractivity contribution < 1.29 is 13.9 Å². The lowest BCUT2D eigenvalue weighted by molar-refractivity contribution is 0.0730. The maximum absolute atomic E-state index is 14.3. The molecule has 0 radical (unpaired) electrons. The highest BCUT2D eigenvalue weighted by Gasteiger charge is 2.30. The number of fused-ring (bicyclic) bond motifs is 1. The molecule has 1 saturated heterocycles. The zero-order chi connectivity index (χ0) is 25.9. The minimum Gasteiger partial charge on any atom is -0.496 e. The van der Waals surface area contributed by atoms with E-state index in [4.69, 9.17) is 14.7 Å². The van der Waals surface area contributed by atoms with E-state index in [0.717, 1.165) is 23.6 Å². The van der Waals surface area contributed by atoms with E-state index in [1.165, 1.54) is 6.07 Å². The summed E-state index contributed by atoms with van der Waals surface area (Å²) in [6.07, 6.45) is 0.658. The van der Waals surface area contributed by atoms with E-state index in [1.807, 2.05) is 42.3 Å². The topological polar surface area (TPSA) is 65.0 Å². The first-order valence-corrected chi connectivity index (χ1v) is 12.8. The third kappa shape index (κ3) is 4.90. The predicted octanol–water partition coefficient (Wildman–Crippen LogP) is 3.61. The van der Waals surface area contributed by atoms with E-state index < -0.39 is 0 Å². The Kier molecular flexibility index (Phi) is 7.12. The van der Waals surface area contributed by atoms with Crippen LogP contribution >= 0.6 is 0 Å². The summed E-state index contributed by atoms with van der Waals surface area (Å²) in [5.74, 6) is 1.88. The highest BCUT2D eigenvalue weighted by atomic mass is 19.1. The summed E-state index contributed by atoms with van der Waals surface area (Å²) in [5.41, 5.74) is 3.18. The lowest BCUT2D eigenvalue weighted by Gasteiger charge is -2.37. The number of amides is 1. The van der Waals surface area contributed by atoms with Crippen molar-refractivity contribution in [1.29, 1.82) is 0 Å². The molecule has 8 nitrogen and oxygen atoms in total. The minimum atomic E-state index is -0.194. The number of benzene rings is 2. The number of methoxy groups -OCH3 is 1. The van der Waals surface area contributed by atoms with Crippen molar-refractivity contribution in [2.45, 2.75) is 19.9 Å². The van der Waals surface area contributed by atoms with E-state index in [9.17, 15) is 9.18 Å². The van der Waals surface area contributed by atoms with Crippen LogP contribution in [0.2, 0.25) is 0 Å². The number of halogens is 1. The molecular weight excluding hydrogens is 471 g/mol. The van der Waals surface area contributed by atoms with Crippen molar-refractivity contribution in [2.75, 3.05) is 68.1 Å². The molecule has 37 heavy (non-hydrogen) atoms. The number of hydrogen-bond acceptors (Lipinski definition) is 7. The van der Waals surface area contributed by atoms with Gasteiger partial charge in [0.1, 0.15) is 17.4 Å². The summed E-state index contributed by atoms with van der Waals surface area (Å²) in [6.45, 7) is 6.71. The fraction of sp³-hybridized carbons (Fsp3) is 0.393. The maximum atomic E-state index is 14.3. The molecule has 1 fully saturated rings. The molecule has 0 spiro atoms. The molecule has 3 heterocycles. The quantitative estimate of drug-likeness (QED) is 0.508. The van der Waals surface area contributed by atoms with Gasteiger partial charge in [-0.2, -0.15) is 4.98 Å². The van der Waals surface area contributed by atoms with Crippen molar-refractivity contribution in [3.63, 3.8) is 0 Å². The zero-order valence-corrected chi connectivity index (χ0v) is 21.7. The number of hydrogen-bond donors (Lipinski definition) is 0. The van der Waals surface area contributed by atoms with Gasteiger partial charge in [0, 0.05) is 58.3 Å². The Balaban J connectivity index is 1.38. The summed E-state index contributed by atoms with van der Waals surface area (Å²) < 4.78 is 19.7. The fourth-order valence-electron chi connectivity index (χ4n) is 5.01. The largest absolute Gasteiger partial charge is 0.496 e. The van der Waals surface area contributed by atoms with Gasteiger partial charge < -0.3 is 24.3 Å². The number of para-hydroxylation sites is 2. The molecule has 0 aliphatic carbocycles. The first kappa shape index (κ1) is 24.8. The number of rotatable bonds is 6. The summed E-state index contributed by atoms with van der Waals surface area (Å²) in [7, 11) is 3.60. The van der Waals surface area contributed by atoms with Gasteiger partial charge in [-0.3, -0.25) is 4.79 Å². The van der Waals surface area contributed by atoms with Crippen molar-refractivity contribution >= 4 is 23.4 Å². The average molecular weight is 505 g/mol. The lowest BCUT2D eigenvalue weighted by atomic mass is 10.0. The van der Waals surface area contributed by atoms with Crippen LogP contribution in [0.4, 0.5) is 21.8 Å². The van der Waals surface area contributed by atoms with E-state index in [0.29, 0.717) is 68.6 Å². The number of carbonyl (C=O) groups is 1. The number of nitrogens with zero attached hydrogens (tertiary/aromatic N) is 6. The summed E-state index contributed by atoms with van der Waals surface area (Å²) in [5, 5.41) is 0. The normalized spacial score (nSPS) is 15.4. The van der Waals surface area contributed by atoms with Crippen LogP contribution in [0.3, 0.4) is 0 Å². The number of ether oxygens (including phenoxy) is 1. The van der Waals surface area contributed by atoms with Gasteiger partial charge in [0.05, 0.1) is 30.6 Å². The van der Waals surface area contributed by atoms with Crippen LogP contribution in [0, 0.1) is 5.82 Å². The molecule has 0 atom stereocenters. The van der Waals surface area contributed by atoms with Crippen LogP contribution in [0.15, 0.2) is 48.5 Å². The van der Waals surface area contributed by atoms with Gasteiger partial charge in [0.25, 0.3) is 5.91 Å². The van der Waals surface area contributed by atoms with Gasteiger partial charge in [0.2, 0.25) is 5.95 Å². The fourth-order valence-corrected chi connectivity index (χ4v) is 5.01. The molecule has 194 valence electrons. The Labute approximate surface area is 217 Å². The Morgan fingerprint density at radius 2 is 1.70 bits per heavy atom. The molecule has 0 N–H and O–H groups in total. The van der Waals surface area contributed by atoms with Crippen LogP contribution in [0.1, 0.15) is 28.5 Å². The third-order valence-electron chi connectivity index (χ3n) is 7.24. The molecule has 2 aromatic carbocycles. The van der Waals surface area contributed by atoms with Crippen LogP contribution in [0.5, 0.6) is 5.75 Å². The van der Waals surface area contributed by atoms with Gasteiger partial charge in [-0.25, -0.2) is 9.37 Å². The second-order valence-corrected chi connectivity index (χ2v) is 9.39. The number of anilines is 3. The highest BCUT2D eigenvalue weighted by Crippen LogP contribution is 2.31. The van der Waals surface area contributed by atoms with Gasteiger partial charge in [-0.15, -0.1) is 0 Å². The summed E-state index contributed by atoms with van der Waals surface area (Å²) in [6, 6.07) is 14.2. The predicted molar refractivity (Wildman–Crippen MR) is 143 cm³/mol. The molecule has 1 aromatic heterocycles.